The van der Waals surface area contributed by atoms with Crippen LogP contribution in [0, 0.1) is 0 Å². The van der Waals surface area contributed by atoms with Gasteiger partial charge in [-0.15, -0.1) is 0 Å². The van der Waals surface area contributed by atoms with Crippen molar-refractivity contribution in [1.82, 2.24) is 0 Å². The lowest BCUT2D eigenvalue weighted by Gasteiger charge is -2.03. The first-order valence-corrected chi connectivity index (χ1v) is 12.7. The number of hydrogen-bond donors (Lipinski definition) is 0. The molecule has 0 aromatic carbocycles. The van der Waals surface area contributed by atoms with E-state index in [-0.39, 0.29) is 0 Å². The monoisotopic (exact) mass is 304 g/mol. The summed E-state index contributed by atoms with van der Waals surface area (Å²) in [6.07, 6.45) is 8.59. The first-order chi connectivity index (χ1) is 7.00. The fourth-order valence-electron chi connectivity index (χ4n) is 1.16. The SMILES string of the molecule is C1CCCCSSSSSSCCC1. The second-order valence-corrected chi connectivity index (χ2v) is 12.8. The highest BCUT2D eigenvalue weighted by Crippen LogP contribution is 2.52. The predicted molar refractivity (Wildman–Crippen MR) is 83.0 cm³/mol. The molecule has 6 heteroatoms. The normalized spacial score (nSPS) is 24.0. The zero-order valence-electron chi connectivity index (χ0n) is 8.11. The molecule has 0 N–H and O–H groups in total. The van der Waals surface area contributed by atoms with Crippen LogP contribution in [0.3, 0.4) is 0 Å². The third-order valence-corrected chi connectivity index (χ3v) is 13.0. The summed E-state index contributed by atoms with van der Waals surface area (Å²) in [5.41, 5.74) is 0. The van der Waals surface area contributed by atoms with E-state index in [1.165, 1.54) is 50.0 Å². The Kier molecular flexibility index (Phi) is 11.7. The van der Waals surface area contributed by atoms with Crippen LogP contribution in [-0.4, -0.2) is 11.5 Å². The minimum absolute atomic E-state index is 1.33. The Morgan fingerprint density at radius 1 is 0.429 bits per heavy atom. The van der Waals surface area contributed by atoms with Crippen molar-refractivity contribution < 1.29 is 0 Å². The van der Waals surface area contributed by atoms with Gasteiger partial charge in [0.05, 0.1) is 0 Å². The van der Waals surface area contributed by atoms with Crippen molar-refractivity contribution in [2.75, 3.05) is 11.5 Å². The van der Waals surface area contributed by atoms with Crippen molar-refractivity contribution in [1.29, 1.82) is 0 Å². The van der Waals surface area contributed by atoms with E-state index >= 15 is 0 Å². The highest BCUT2D eigenvalue weighted by Gasteiger charge is 1.98. The highest BCUT2D eigenvalue weighted by atomic mass is 33.9. The first-order valence-electron chi connectivity index (χ1n) is 4.91. The molecule has 0 atom stereocenters. The Balaban J connectivity index is 2.00. The van der Waals surface area contributed by atoms with Crippen molar-refractivity contribution in [2.45, 2.75) is 38.5 Å². The molecular formula is C8H16S6. The lowest BCUT2D eigenvalue weighted by atomic mass is 10.1. The Bertz CT molecular complexity index is 67.1. The zero-order chi connectivity index (χ0) is 9.90. The summed E-state index contributed by atoms with van der Waals surface area (Å²) in [6, 6.07) is 0. The van der Waals surface area contributed by atoms with E-state index in [1.807, 2.05) is 60.9 Å². The van der Waals surface area contributed by atoms with Crippen LogP contribution in [0.5, 0.6) is 0 Å². The van der Waals surface area contributed by atoms with Crippen molar-refractivity contribution in [3.8, 4) is 0 Å². The minimum Gasteiger partial charge on any atom is -0.0817 e. The van der Waals surface area contributed by atoms with Gasteiger partial charge in [0, 0.05) is 11.5 Å². The van der Waals surface area contributed by atoms with Gasteiger partial charge in [0.1, 0.15) is 0 Å². The van der Waals surface area contributed by atoms with E-state index in [1.54, 1.807) is 0 Å². The van der Waals surface area contributed by atoms with Crippen LogP contribution in [-0.2, 0) is 0 Å². The van der Waals surface area contributed by atoms with Gasteiger partial charge in [0.15, 0.2) is 0 Å². The molecule has 0 saturated carbocycles. The first kappa shape index (κ1) is 14.2. The lowest BCUT2D eigenvalue weighted by molar-refractivity contribution is 0.630. The van der Waals surface area contributed by atoms with Crippen molar-refractivity contribution in [3.63, 3.8) is 0 Å². The summed E-state index contributed by atoms with van der Waals surface area (Å²) in [4.78, 5) is 0. The van der Waals surface area contributed by atoms with E-state index in [0.29, 0.717) is 0 Å². The van der Waals surface area contributed by atoms with E-state index in [2.05, 4.69) is 0 Å². The molecule has 0 nitrogen and oxygen atoms in total. The Morgan fingerprint density at radius 3 is 1.36 bits per heavy atom. The maximum absolute atomic E-state index is 2.02. The smallest absolute Gasteiger partial charge is 0.00454 e. The standard InChI is InChI=1S/C8H16S6/c1-2-4-6-8-10-12-14-13-11-9-7-5-3-1/h1-8H2. The van der Waals surface area contributed by atoms with Crippen LogP contribution in [0.1, 0.15) is 38.5 Å². The van der Waals surface area contributed by atoms with Gasteiger partial charge >= 0.3 is 0 Å². The second-order valence-electron chi connectivity index (χ2n) is 3.04. The highest BCUT2D eigenvalue weighted by molar-refractivity contribution is 9.41. The fraction of sp³-hybridized carbons (Fsp3) is 1.00. The van der Waals surface area contributed by atoms with Crippen molar-refractivity contribution in [2.24, 2.45) is 0 Å². The summed E-state index contributed by atoms with van der Waals surface area (Å²) in [5.74, 6) is 2.66. The molecular weight excluding hydrogens is 288 g/mol. The maximum Gasteiger partial charge on any atom is 0.00454 e. The summed E-state index contributed by atoms with van der Waals surface area (Å²) in [7, 11) is 11.8. The van der Waals surface area contributed by atoms with Crippen LogP contribution in [0.15, 0.2) is 0 Å². The number of rotatable bonds is 0. The molecule has 0 aromatic rings. The molecule has 84 valence electrons. The van der Waals surface area contributed by atoms with Crippen LogP contribution in [0.2, 0.25) is 0 Å². The molecule has 0 radical (unpaired) electrons. The molecule has 1 saturated heterocycles. The molecule has 0 spiro atoms. The largest absolute Gasteiger partial charge is 0.0817 e. The third kappa shape index (κ3) is 9.33. The van der Waals surface area contributed by atoms with Gasteiger partial charge in [-0.25, -0.2) is 0 Å². The minimum atomic E-state index is 1.33. The quantitative estimate of drug-likeness (QED) is 0.477. The van der Waals surface area contributed by atoms with Gasteiger partial charge in [-0.1, -0.05) is 47.3 Å². The predicted octanol–water partition coefficient (Wildman–Crippen LogP) is 6.31. The van der Waals surface area contributed by atoms with Crippen LogP contribution in [0.25, 0.3) is 0 Å². The molecule has 1 aliphatic rings. The lowest BCUT2D eigenvalue weighted by Crippen LogP contribution is -1.83. The topological polar surface area (TPSA) is 0 Å². The molecule has 1 fully saturated rings. The van der Waals surface area contributed by atoms with Gasteiger partial charge in [0.2, 0.25) is 0 Å². The molecule has 0 aromatic heterocycles. The number of hydrogen-bond acceptors (Lipinski definition) is 6. The molecule has 0 bridgehead atoms. The van der Waals surface area contributed by atoms with E-state index in [0.717, 1.165) is 0 Å². The van der Waals surface area contributed by atoms with E-state index in [9.17, 15) is 0 Å². The van der Waals surface area contributed by atoms with Crippen LogP contribution >= 0.6 is 60.9 Å². The van der Waals surface area contributed by atoms with Gasteiger partial charge in [-0.05, 0) is 52.1 Å². The molecule has 0 amide bonds. The summed E-state index contributed by atoms with van der Waals surface area (Å²) in [6.45, 7) is 0. The van der Waals surface area contributed by atoms with E-state index < -0.39 is 0 Å². The van der Waals surface area contributed by atoms with E-state index in [4.69, 9.17) is 0 Å². The fourth-order valence-corrected chi connectivity index (χ4v) is 12.9. The summed E-state index contributed by atoms with van der Waals surface area (Å²) >= 11 is 0. The molecule has 1 heterocycles. The Hall–Kier alpha value is 2.10. The molecule has 0 unspecified atom stereocenters. The molecule has 0 aliphatic carbocycles. The Morgan fingerprint density at radius 2 is 0.857 bits per heavy atom. The molecule has 1 aliphatic heterocycles. The van der Waals surface area contributed by atoms with Crippen LogP contribution in [0.4, 0.5) is 0 Å². The molecule has 1 rings (SSSR count). The maximum atomic E-state index is 2.02. The van der Waals surface area contributed by atoms with Crippen LogP contribution < -0.4 is 0 Å². The third-order valence-electron chi connectivity index (χ3n) is 1.88. The Labute approximate surface area is 110 Å². The molecule has 14 heavy (non-hydrogen) atoms. The second kappa shape index (κ2) is 11.6. The van der Waals surface area contributed by atoms with Gasteiger partial charge in [0.25, 0.3) is 0 Å². The zero-order valence-corrected chi connectivity index (χ0v) is 13.0. The summed E-state index contributed by atoms with van der Waals surface area (Å²) in [5, 5.41) is 0. The van der Waals surface area contributed by atoms with Gasteiger partial charge in [-0.3, -0.25) is 0 Å². The van der Waals surface area contributed by atoms with Crippen molar-refractivity contribution in [3.05, 3.63) is 0 Å². The summed E-state index contributed by atoms with van der Waals surface area (Å²) < 4.78 is 0. The average Bonchev–Trinajstić information content (AvgIpc) is 2.22. The van der Waals surface area contributed by atoms with Crippen molar-refractivity contribution >= 4 is 60.9 Å². The van der Waals surface area contributed by atoms with Gasteiger partial charge < -0.3 is 0 Å². The van der Waals surface area contributed by atoms with Gasteiger partial charge in [-0.2, -0.15) is 0 Å². The average molecular weight is 305 g/mol.